The van der Waals surface area contributed by atoms with E-state index in [2.05, 4.69) is 10.6 Å². The van der Waals surface area contributed by atoms with Gasteiger partial charge in [0, 0.05) is 12.7 Å². The molecular weight excluding hydrogens is 180 g/mol. The van der Waals surface area contributed by atoms with Crippen molar-refractivity contribution in [1.82, 2.24) is 10.6 Å². The topological polar surface area (TPSA) is 75.3 Å². The summed E-state index contributed by atoms with van der Waals surface area (Å²) in [7, 11) is 0. The predicted octanol–water partition coefficient (Wildman–Crippen LogP) is -0.526. The van der Waals surface area contributed by atoms with E-state index in [0.29, 0.717) is 5.75 Å². The molecule has 0 unspecified atom stereocenters. The molecule has 1 rings (SSSR count). The third-order valence-corrected chi connectivity index (χ3v) is 2.22. The van der Waals surface area contributed by atoms with Gasteiger partial charge < -0.3 is 5.32 Å². The van der Waals surface area contributed by atoms with Gasteiger partial charge in [0.05, 0.1) is 0 Å². The van der Waals surface area contributed by atoms with E-state index in [1.807, 2.05) is 0 Å². The Morgan fingerprint density at radius 2 is 2.25 bits per heavy atom. The Morgan fingerprint density at radius 1 is 1.58 bits per heavy atom. The van der Waals surface area contributed by atoms with E-state index in [9.17, 15) is 14.4 Å². The van der Waals surface area contributed by atoms with Gasteiger partial charge in [-0.05, 0) is 0 Å². The quantitative estimate of drug-likeness (QED) is 0.571. The number of nitrogens with one attached hydrogen (secondary N) is 2. The van der Waals surface area contributed by atoms with Crippen molar-refractivity contribution in [2.24, 2.45) is 0 Å². The Bertz CT molecular complexity index is 241. The highest BCUT2D eigenvalue weighted by Crippen LogP contribution is 2.06. The minimum atomic E-state index is -0.564. The summed E-state index contributed by atoms with van der Waals surface area (Å²) in [5.74, 6) is -0.0684. The summed E-state index contributed by atoms with van der Waals surface area (Å²) in [4.78, 5) is 32.0. The van der Waals surface area contributed by atoms with Crippen LogP contribution in [0.3, 0.4) is 0 Å². The average Bonchev–Trinajstić information content (AvgIpc) is 2.26. The lowest BCUT2D eigenvalue weighted by Crippen LogP contribution is -2.31. The molecular formula is C6H8N2O3S. The first-order chi connectivity index (χ1) is 5.59. The molecule has 0 spiro atoms. The Balaban J connectivity index is 2.38. The summed E-state index contributed by atoms with van der Waals surface area (Å²) < 4.78 is 0. The van der Waals surface area contributed by atoms with Gasteiger partial charge >= 0.3 is 6.03 Å². The number of urea groups is 1. The molecule has 3 amide bonds. The molecule has 0 aromatic rings. The Morgan fingerprint density at radius 3 is 2.67 bits per heavy atom. The first-order valence-electron chi connectivity index (χ1n) is 3.34. The second-order valence-electron chi connectivity index (χ2n) is 2.32. The molecule has 0 radical (unpaired) electrons. The van der Waals surface area contributed by atoms with Crippen molar-refractivity contribution in [3.8, 4) is 0 Å². The maximum absolute atomic E-state index is 10.9. The van der Waals surface area contributed by atoms with Gasteiger partial charge in [-0.1, -0.05) is 11.8 Å². The molecule has 1 aliphatic heterocycles. The molecule has 0 saturated carbocycles. The van der Waals surface area contributed by atoms with Crippen molar-refractivity contribution < 1.29 is 14.4 Å². The van der Waals surface area contributed by atoms with Crippen LogP contribution in [0.15, 0.2) is 0 Å². The summed E-state index contributed by atoms with van der Waals surface area (Å²) in [6, 6.07) is -1.06. The monoisotopic (exact) mass is 188 g/mol. The standard InChI is InChI=1S/C6H8N2O3S/c1-3(9)12-2-4-5(10)8-6(11)7-4/h4H,2H2,1H3,(H2,7,8,10,11)/t4-/m0/s1. The van der Waals surface area contributed by atoms with Crippen molar-refractivity contribution in [2.45, 2.75) is 13.0 Å². The van der Waals surface area contributed by atoms with Crippen LogP contribution in [0.25, 0.3) is 0 Å². The van der Waals surface area contributed by atoms with Gasteiger partial charge in [-0.3, -0.25) is 14.9 Å². The second-order valence-corrected chi connectivity index (χ2v) is 3.51. The zero-order valence-corrected chi connectivity index (χ0v) is 7.23. The van der Waals surface area contributed by atoms with Crippen molar-refractivity contribution in [3.63, 3.8) is 0 Å². The molecule has 6 heteroatoms. The van der Waals surface area contributed by atoms with Crippen LogP contribution < -0.4 is 10.6 Å². The number of carbonyl (C=O) groups is 3. The van der Waals surface area contributed by atoms with Crippen LogP contribution in [0.5, 0.6) is 0 Å². The van der Waals surface area contributed by atoms with E-state index in [1.165, 1.54) is 6.92 Å². The Labute approximate surface area is 73.3 Å². The molecule has 0 aromatic carbocycles. The maximum Gasteiger partial charge on any atom is 0.322 e. The molecule has 1 fully saturated rings. The zero-order valence-electron chi connectivity index (χ0n) is 6.42. The zero-order chi connectivity index (χ0) is 9.14. The van der Waals surface area contributed by atoms with Gasteiger partial charge in [-0.15, -0.1) is 0 Å². The van der Waals surface area contributed by atoms with Gasteiger partial charge in [-0.2, -0.15) is 0 Å². The molecule has 1 saturated heterocycles. The lowest BCUT2D eigenvalue weighted by Gasteiger charge is -2.02. The third kappa shape index (κ3) is 2.23. The third-order valence-electron chi connectivity index (χ3n) is 1.31. The highest BCUT2D eigenvalue weighted by atomic mass is 32.2. The fourth-order valence-electron chi connectivity index (χ4n) is 0.777. The largest absolute Gasteiger partial charge is 0.325 e. The van der Waals surface area contributed by atoms with E-state index in [-0.39, 0.29) is 11.0 Å². The second kappa shape index (κ2) is 3.57. The first kappa shape index (κ1) is 9.05. The average molecular weight is 188 g/mol. The summed E-state index contributed by atoms with van der Waals surface area (Å²) in [5, 5.41) is 4.40. The summed E-state index contributed by atoms with van der Waals surface area (Å²) >= 11 is 1.02. The number of thioether (sulfide) groups is 1. The minimum absolute atomic E-state index is 0.0658. The SMILES string of the molecule is CC(=O)SC[C@@H]1NC(=O)NC1=O. The molecule has 12 heavy (non-hydrogen) atoms. The lowest BCUT2D eigenvalue weighted by atomic mass is 10.3. The van der Waals surface area contributed by atoms with Crippen LogP contribution in [-0.2, 0) is 9.59 Å². The van der Waals surface area contributed by atoms with E-state index < -0.39 is 12.1 Å². The number of imide groups is 1. The first-order valence-corrected chi connectivity index (χ1v) is 4.33. The van der Waals surface area contributed by atoms with Crippen molar-refractivity contribution in [2.75, 3.05) is 5.75 Å². The highest BCUT2D eigenvalue weighted by molar-refractivity contribution is 8.13. The number of amides is 3. The smallest absolute Gasteiger partial charge is 0.322 e. The number of hydrogen-bond acceptors (Lipinski definition) is 4. The van der Waals surface area contributed by atoms with Crippen molar-refractivity contribution in [1.29, 1.82) is 0 Å². The Kier molecular flexibility index (Phi) is 2.69. The molecule has 0 bridgehead atoms. The van der Waals surface area contributed by atoms with E-state index in [0.717, 1.165) is 11.8 Å². The summed E-state index contributed by atoms with van der Waals surface area (Å²) in [6.07, 6.45) is 0. The summed E-state index contributed by atoms with van der Waals surface area (Å²) in [5.41, 5.74) is 0. The lowest BCUT2D eigenvalue weighted by molar-refractivity contribution is -0.119. The van der Waals surface area contributed by atoms with E-state index >= 15 is 0 Å². The van der Waals surface area contributed by atoms with Crippen LogP contribution in [0.1, 0.15) is 6.92 Å². The van der Waals surface area contributed by atoms with Gasteiger partial charge in [0.1, 0.15) is 6.04 Å². The number of rotatable bonds is 2. The van der Waals surface area contributed by atoms with E-state index in [1.54, 1.807) is 0 Å². The van der Waals surface area contributed by atoms with Gasteiger partial charge in [0.25, 0.3) is 5.91 Å². The molecule has 0 aliphatic carbocycles. The maximum atomic E-state index is 10.9. The van der Waals surface area contributed by atoms with Crippen molar-refractivity contribution in [3.05, 3.63) is 0 Å². The van der Waals surface area contributed by atoms with Gasteiger partial charge in [0.15, 0.2) is 5.12 Å². The molecule has 2 N–H and O–H groups in total. The molecule has 1 aliphatic rings. The molecule has 66 valence electrons. The summed E-state index contributed by atoms with van der Waals surface area (Å²) in [6.45, 7) is 1.42. The number of carbonyl (C=O) groups excluding carboxylic acids is 3. The van der Waals surface area contributed by atoms with Crippen LogP contribution in [0.2, 0.25) is 0 Å². The molecule has 5 nitrogen and oxygen atoms in total. The van der Waals surface area contributed by atoms with Crippen LogP contribution in [0.4, 0.5) is 4.79 Å². The molecule has 1 heterocycles. The fraction of sp³-hybridized carbons (Fsp3) is 0.500. The normalized spacial score (nSPS) is 21.9. The molecule has 1 atom stereocenters. The minimum Gasteiger partial charge on any atom is -0.325 e. The van der Waals surface area contributed by atoms with Crippen LogP contribution >= 0.6 is 11.8 Å². The van der Waals surface area contributed by atoms with Gasteiger partial charge in [-0.25, -0.2) is 4.79 Å². The van der Waals surface area contributed by atoms with Crippen molar-refractivity contribution >= 4 is 28.8 Å². The Hall–Kier alpha value is -1.04. The number of hydrogen-bond donors (Lipinski definition) is 2. The van der Waals surface area contributed by atoms with Crippen LogP contribution in [-0.4, -0.2) is 28.8 Å². The van der Waals surface area contributed by atoms with Gasteiger partial charge in [0.2, 0.25) is 0 Å². The highest BCUT2D eigenvalue weighted by Gasteiger charge is 2.29. The van der Waals surface area contributed by atoms with E-state index in [4.69, 9.17) is 0 Å². The van der Waals surface area contributed by atoms with Crippen LogP contribution in [0, 0.1) is 0 Å². The molecule has 0 aromatic heterocycles. The predicted molar refractivity (Wildman–Crippen MR) is 43.6 cm³/mol. The fourth-order valence-corrected chi connectivity index (χ4v) is 1.41.